The van der Waals surface area contributed by atoms with E-state index >= 15 is 0 Å². The lowest BCUT2D eigenvalue weighted by Gasteiger charge is -2.29. The molecule has 3 N–H and O–H groups in total. The molecule has 0 aromatic carbocycles. The molecule has 20 heavy (non-hydrogen) atoms. The number of aliphatic hydroxyl groups excluding tert-OH is 1. The number of nitrogens with two attached hydrogens (primary N) is 1. The van der Waals surface area contributed by atoms with E-state index in [9.17, 15) is 14.4 Å². The summed E-state index contributed by atoms with van der Waals surface area (Å²) in [7, 11) is 1.53. The van der Waals surface area contributed by atoms with Gasteiger partial charge >= 0.3 is 0 Å². The summed E-state index contributed by atoms with van der Waals surface area (Å²) in [5, 5.41) is 8.84. The minimum Gasteiger partial charge on any atom is -0.395 e. The predicted molar refractivity (Wildman–Crippen MR) is 74.5 cm³/mol. The second kappa shape index (κ2) is 8.52. The van der Waals surface area contributed by atoms with Crippen LogP contribution in [0.3, 0.4) is 0 Å². The molecule has 1 unspecified atom stereocenters. The number of amides is 3. The van der Waals surface area contributed by atoms with Crippen molar-refractivity contribution in [1.29, 1.82) is 0 Å². The van der Waals surface area contributed by atoms with Crippen molar-refractivity contribution < 1.29 is 19.5 Å². The van der Waals surface area contributed by atoms with E-state index in [4.69, 9.17) is 10.8 Å². The Bertz CT molecular complexity index is 358. The van der Waals surface area contributed by atoms with Crippen molar-refractivity contribution in [1.82, 2.24) is 9.80 Å². The fourth-order valence-electron chi connectivity index (χ4n) is 2.08. The molecule has 0 aliphatic heterocycles. The maximum atomic E-state index is 12.0. The number of hydrogen-bond donors (Lipinski definition) is 2. The summed E-state index contributed by atoms with van der Waals surface area (Å²) in [6, 6.07) is -0.661. The van der Waals surface area contributed by atoms with Crippen molar-refractivity contribution >= 4 is 17.7 Å². The molecule has 0 spiro atoms. The summed E-state index contributed by atoms with van der Waals surface area (Å²) in [5.41, 5.74) is 5.30. The van der Waals surface area contributed by atoms with E-state index in [0.717, 1.165) is 0 Å². The van der Waals surface area contributed by atoms with Crippen LogP contribution in [-0.4, -0.2) is 65.4 Å². The van der Waals surface area contributed by atoms with Crippen LogP contribution in [0.5, 0.6) is 0 Å². The topological polar surface area (TPSA) is 104 Å². The maximum Gasteiger partial charge on any atom is 0.240 e. The molecule has 0 bridgehead atoms. The minimum absolute atomic E-state index is 0.0807. The monoisotopic (exact) mass is 287 g/mol. The summed E-state index contributed by atoms with van der Waals surface area (Å²) >= 11 is 0. The minimum atomic E-state index is -0.661. The number of carbonyl (C=O) groups excluding carboxylic acids is 3. The van der Waals surface area contributed by atoms with Crippen molar-refractivity contribution in [3.63, 3.8) is 0 Å². The van der Waals surface area contributed by atoms with Crippen LogP contribution in [0.2, 0.25) is 0 Å². The van der Waals surface area contributed by atoms with Crippen LogP contribution in [0.4, 0.5) is 0 Å². The fourth-order valence-corrected chi connectivity index (χ4v) is 2.08. The summed E-state index contributed by atoms with van der Waals surface area (Å²) in [6.07, 6.45) is 0.0899. The molecule has 0 fully saturated rings. The van der Waals surface area contributed by atoms with Crippen LogP contribution in [0.1, 0.15) is 27.2 Å². The first kappa shape index (κ1) is 18.4. The predicted octanol–water partition coefficient (Wildman–Crippen LogP) is -0.814. The summed E-state index contributed by atoms with van der Waals surface area (Å²) in [6.45, 7) is 5.25. The van der Waals surface area contributed by atoms with Crippen LogP contribution in [0.25, 0.3) is 0 Å². The lowest BCUT2D eigenvalue weighted by molar-refractivity contribution is -0.140. The molecule has 0 aliphatic rings. The van der Waals surface area contributed by atoms with Gasteiger partial charge in [-0.2, -0.15) is 0 Å². The van der Waals surface area contributed by atoms with Crippen molar-refractivity contribution in [3.8, 4) is 0 Å². The number of aliphatic hydroxyl groups is 1. The van der Waals surface area contributed by atoms with Gasteiger partial charge in [0.15, 0.2) is 0 Å². The zero-order valence-electron chi connectivity index (χ0n) is 12.6. The standard InChI is InChI=1S/C13H25N3O4/c1-9(2)12(13(14)20)15(4)11(19)5-6-16(7-8-17)10(3)18/h9,12,17H,5-8H2,1-4H3,(H2,14,20). The molecule has 116 valence electrons. The summed E-state index contributed by atoms with van der Waals surface area (Å²) in [5.74, 6) is -1.09. The molecule has 0 saturated heterocycles. The van der Waals surface area contributed by atoms with Crippen LogP contribution in [0.15, 0.2) is 0 Å². The van der Waals surface area contributed by atoms with Crippen LogP contribution < -0.4 is 5.73 Å². The third kappa shape index (κ3) is 5.56. The number of nitrogens with zero attached hydrogens (tertiary/aromatic N) is 2. The number of carbonyl (C=O) groups is 3. The SMILES string of the molecule is CC(=O)N(CCO)CCC(=O)N(C)C(C(N)=O)C(C)C. The van der Waals surface area contributed by atoms with Gasteiger partial charge in [-0.1, -0.05) is 13.8 Å². The first-order valence-corrected chi connectivity index (χ1v) is 6.63. The molecule has 0 aromatic heterocycles. The molecule has 0 radical (unpaired) electrons. The van der Waals surface area contributed by atoms with Gasteiger partial charge in [0.05, 0.1) is 6.61 Å². The zero-order chi connectivity index (χ0) is 15.9. The van der Waals surface area contributed by atoms with Gasteiger partial charge in [-0.3, -0.25) is 14.4 Å². The quantitative estimate of drug-likeness (QED) is 0.609. The number of hydrogen-bond acceptors (Lipinski definition) is 4. The number of likely N-dealkylation sites (N-methyl/N-ethyl adjacent to an activating group) is 1. The fraction of sp³-hybridized carbons (Fsp3) is 0.769. The Balaban J connectivity index is 4.59. The zero-order valence-corrected chi connectivity index (χ0v) is 12.6. The Kier molecular flexibility index (Phi) is 7.83. The molecule has 7 heteroatoms. The lowest BCUT2D eigenvalue weighted by Crippen LogP contribution is -2.49. The summed E-state index contributed by atoms with van der Waals surface area (Å²) < 4.78 is 0. The first-order chi connectivity index (χ1) is 9.22. The van der Waals surface area contributed by atoms with Gasteiger partial charge in [0.1, 0.15) is 6.04 Å². The number of primary amides is 1. The third-order valence-electron chi connectivity index (χ3n) is 3.14. The molecular weight excluding hydrogens is 262 g/mol. The van der Waals surface area contributed by atoms with Crippen molar-refractivity contribution in [2.45, 2.75) is 33.2 Å². The van der Waals surface area contributed by atoms with Crippen molar-refractivity contribution in [2.75, 3.05) is 26.7 Å². The molecule has 7 nitrogen and oxygen atoms in total. The van der Waals surface area contributed by atoms with Gasteiger partial charge < -0.3 is 20.6 Å². The molecule has 1 atom stereocenters. The second-order valence-electron chi connectivity index (χ2n) is 5.08. The third-order valence-corrected chi connectivity index (χ3v) is 3.14. The van der Waals surface area contributed by atoms with E-state index in [1.54, 1.807) is 0 Å². The van der Waals surface area contributed by atoms with Gasteiger partial charge in [-0.05, 0) is 5.92 Å². The molecule has 0 aromatic rings. The maximum absolute atomic E-state index is 12.0. The molecular formula is C13H25N3O4. The van der Waals surface area contributed by atoms with Gasteiger partial charge in [0.2, 0.25) is 17.7 Å². The Morgan fingerprint density at radius 2 is 1.75 bits per heavy atom. The van der Waals surface area contributed by atoms with Crippen LogP contribution in [-0.2, 0) is 14.4 Å². The van der Waals surface area contributed by atoms with Gasteiger partial charge in [-0.25, -0.2) is 0 Å². The van der Waals surface area contributed by atoms with Gasteiger partial charge in [0, 0.05) is 33.5 Å². The normalized spacial score (nSPS) is 12.1. The molecule has 0 heterocycles. The number of rotatable bonds is 8. The highest BCUT2D eigenvalue weighted by Gasteiger charge is 2.27. The van der Waals surface area contributed by atoms with E-state index < -0.39 is 11.9 Å². The first-order valence-electron chi connectivity index (χ1n) is 6.63. The van der Waals surface area contributed by atoms with E-state index in [-0.39, 0.29) is 43.8 Å². The Morgan fingerprint density at radius 3 is 2.10 bits per heavy atom. The van der Waals surface area contributed by atoms with Gasteiger partial charge in [-0.15, -0.1) is 0 Å². The Morgan fingerprint density at radius 1 is 1.20 bits per heavy atom. The van der Waals surface area contributed by atoms with E-state index in [0.29, 0.717) is 0 Å². The highest BCUT2D eigenvalue weighted by molar-refractivity contribution is 5.87. The lowest BCUT2D eigenvalue weighted by atomic mass is 10.0. The molecule has 0 rings (SSSR count). The van der Waals surface area contributed by atoms with E-state index in [1.807, 2.05) is 13.8 Å². The Labute approximate surface area is 119 Å². The molecule has 0 saturated carbocycles. The van der Waals surface area contributed by atoms with Crippen molar-refractivity contribution in [2.24, 2.45) is 11.7 Å². The van der Waals surface area contributed by atoms with E-state index in [1.165, 1.54) is 23.8 Å². The average molecular weight is 287 g/mol. The van der Waals surface area contributed by atoms with Crippen molar-refractivity contribution in [3.05, 3.63) is 0 Å². The smallest absolute Gasteiger partial charge is 0.240 e. The van der Waals surface area contributed by atoms with Crippen LogP contribution in [0, 0.1) is 5.92 Å². The largest absolute Gasteiger partial charge is 0.395 e. The Hall–Kier alpha value is -1.63. The van der Waals surface area contributed by atoms with Crippen LogP contribution >= 0.6 is 0 Å². The van der Waals surface area contributed by atoms with Gasteiger partial charge in [0.25, 0.3) is 0 Å². The molecule has 3 amide bonds. The molecule has 0 aliphatic carbocycles. The highest BCUT2D eigenvalue weighted by Crippen LogP contribution is 2.10. The average Bonchev–Trinajstić information content (AvgIpc) is 2.32. The summed E-state index contributed by atoms with van der Waals surface area (Å²) in [4.78, 5) is 37.4. The van der Waals surface area contributed by atoms with E-state index in [2.05, 4.69) is 0 Å². The highest BCUT2D eigenvalue weighted by atomic mass is 16.3. The second-order valence-corrected chi connectivity index (χ2v) is 5.08.